The lowest BCUT2D eigenvalue weighted by Gasteiger charge is -2.16. The summed E-state index contributed by atoms with van der Waals surface area (Å²) >= 11 is 0. The van der Waals surface area contributed by atoms with E-state index in [4.69, 9.17) is 4.74 Å². The molecule has 20 heavy (non-hydrogen) atoms. The van der Waals surface area contributed by atoms with Gasteiger partial charge in [-0.25, -0.2) is 0 Å². The van der Waals surface area contributed by atoms with Gasteiger partial charge in [0, 0.05) is 0 Å². The summed E-state index contributed by atoms with van der Waals surface area (Å²) in [4.78, 5) is 0. The highest BCUT2D eigenvalue weighted by Gasteiger charge is 2.25. The van der Waals surface area contributed by atoms with Crippen LogP contribution in [0.1, 0.15) is 20.3 Å². The molecule has 0 amide bonds. The molecular formula is C15H17BF3O-. The fourth-order valence-electron chi connectivity index (χ4n) is 1.89. The number of halogens is 3. The van der Waals surface area contributed by atoms with Crippen LogP contribution in [0.4, 0.5) is 12.9 Å². The average molecular weight is 281 g/mol. The van der Waals surface area contributed by atoms with Crippen LogP contribution in [0.2, 0.25) is 0 Å². The van der Waals surface area contributed by atoms with Gasteiger partial charge in [0.25, 0.3) is 0 Å². The predicted octanol–water partition coefficient (Wildman–Crippen LogP) is 4.32. The first-order valence-corrected chi connectivity index (χ1v) is 6.76. The van der Waals surface area contributed by atoms with Crippen LogP contribution in [0.5, 0.6) is 5.75 Å². The molecular weight excluding hydrogens is 264 g/mol. The van der Waals surface area contributed by atoms with Gasteiger partial charge in [-0.2, -0.15) is 0 Å². The molecule has 0 heterocycles. The monoisotopic (exact) mass is 281 g/mol. The summed E-state index contributed by atoms with van der Waals surface area (Å²) in [5.74, 6) is 1.16. The van der Waals surface area contributed by atoms with Gasteiger partial charge in [-0.15, -0.1) is 5.46 Å². The first-order valence-electron chi connectivity index (χ1n) is 6.76. The molecule has 1 unspecified atom stereocenters. The third-order valence-electron chi connectivity index (χ3n) is 3.45. The highest BCUT2D eigenvalue weighted by Crippen LogP contribution is 2.22. The molecule has 0 aromatic heterocycles. The van der Waals surface area contributed by atoms with Crippen molar-refractivity contribution in [3.8, 4) is 5.75 Å². The summed E-state index contributed by atoms with van der Waals surface area (Å²) in [6.07, 6.45) is 1.03. The minimum absolute atomic E-state index is 0.459. The van der Waals surface area contributed by atoms with Gasteiger partial charge in [-0.1, -0.05) is 44.5 Å². The van der Waals surface area contributed by atoms with E-state index in [0.29, 0.717) is 23.7 Å². The molecule has 2 aromatic carbocycles. The van der Waals surface area contributed by atoms with E-state index in [2.05, 4.69) is 13.8 Å². The van der Waals surface area contributed by atoms with Crippen LogP contribution >= 0.6 is 0 Å². The highest BCUT2D eigenvalue weighted by atomic mass is 19.4. The molecule has 0 fully saturated rings. The van der Waals surface area contributed by atoms with E-state index in [0.717, 1.165) is 17.9 Å². The van der Waals surface area contributed by atoms with Crippen molar-refractivity contribution in [2.24, 2.45) is 5.92 Å². The number of fused-ring (bicyclic) bond motifs is 1. The lowest BCUT2D eigenvalue weighted by molar-refractivity contribution is 0.257. The smallest absolute Gasteiger partial charge is 0.493 e. The van der Waals surface area contributed by atoms with E-state index in [1.165, 1.54) is 12.1 Å². The third kappa shape index (κ3) is 3.47. The minimum atomic E-state index is -4.95. The average Bonchev–Trinajstić information content (AvgIpc) is 2.42. The van der Waals surface area contributed by atoms with Gasteiger partial charge in [0.05, 0.1) is 6.61 Å². The van der Waals surface area contributed by atoms with E-state index < -0.39 is 12.4 Å². The van der Waals surface area contributed by atoms with Gasteiger partial charge in [-0.05, 0) is 28.8 Å². The van der Waals surface area contributed by atoms with Gasteiger partial charge in [0.2, 0.25) is 0 Å². The van der Waals surface area contributed by atoms with Crippen molar-refractivity contribution >= 4 is 23.2 Å². The second-order valence-corrected chi connectivity index (χ2v) is 5.17. The van der Waals surface area contributed by atoms with Crippen LogP contribution in [0, 0.1) is 5.92 Å². The lowest BCUT2D eigenvalue weighted by Crippen LogP contribution is -2.33. The van der Waals surface area contributed by atoms with Gasteiger partial charge in [0.1, 0.15) is 5.75 Å². The Balaban J connectivity index is 2.23. The van der Waals surface area contributed by atoms with Gasteiger partial charge < -0.3 is 17.7 Å². The topological polar surface area (TPSA) is 9.23 Å². The molecule has 1 nitrogen and oxygen atoms in total. The zero-order valence-electron chi connectivity index (χ0n) is 11.6. The molecule has 0 saturated carbocycles. The third-order valence-corrected chi connectivity index (χ3v) is 3.45. The van der Waals surface area contributed by atoms with Crippen molar-refractivity contribution in [2.45, 2.75) is 20.3 Å². The Labute approximate surface area is 116 Å². The number of hydrogen-bond acceptors (Lipinski definition) is 1. The van der Waals surface area contributed by atoms with Crippen molar-refractivity contribution in [1.29, 1.82) is 0 Å². The van der Waals surface area contributed by atoms with Gasteiger partial charge in [0.15, 0.2) is 0 Å². The van der Waals surface area contributed by atoms with Crippen molar-refractivity contribution in [2.75, 3.05) is 6.61 Å². The van der Waals surface area contributed by atoms with E-state index in [-0.39, 0.29) is 0 Å². The molecule has 0 aliphatic rings. The van der Waals surface area contributed by atoms with Crippen molar-refractivity contribution < 1.29 is 17.7 Å². The normalized spacial score (nSPS) is 13.4. The molecule has 2 rings (SSSR count). The van der Waals surface area contributed by atoms with Crippen LogP contribution in [-0.2, 0) is 0 Å². The summed E-state index contributed by atoms with van der Waals surface area (Å²) < 4.78 is 43.7. The Morgan fingerprint density at radius 3 is 2.35 bits per heavy atom. The van der Waals surface area contributed by atoms with E-state index >= 15 is 0 Å². The van der Waals surface area contributed by atoms with E-state index in [1.54, 1.807) is 18.2 Å². The zero-order chi connectivity index (χ0) is 14.8. The Kier molecular flexibility index (Phi) is 4.26. The summed E-state index contributed by atoms with van der Waals surface area (Å²) in [6.45, 7) is -0.142. The standard InChI is InChI=1S/C15H17BF3O/c1-3-11(2)10-20-15-7-5-12-8-14(16(17,18)19)6-4-13(12)9-15/h4-9,11H,3,10H2,1-2H3/q-1. The first kappa shape index (κ1) is 14.8. The molecule has 1 atom stereocenters. The fourth-order valence-corrected chi connectivity index (χ4v) is 1.89. The Morgan fingerprint density at radius 2 is 1.70 bits per heavy atom. The molecule has 5 heteroatoms. The summed E-state index contributed by atoms with van der Waals surface area (Å²) in [6, 6.07) is 8.99. The van der Waals surface area contributed by atoms with Crippen LogP contribution in [0.25, 0.3) is 10.8 Å². The largest absolute Gasteiger partial charge is 0.509 e. The molecule has 0 N–H and O–H groups in total. The summed E-state index contributed by atoms with van der Waals surface area (Å²) in [7, 11) is 0. The Morgan fingerprint density at radius 1 is 1.05 bits per heavy atom. The SMILES string of the molecule is CCC(C)COc1ccc2cc([B-](F)(F)F)ccc2c1. The maximum Gasteiger partial charge on any atom is 0.509 e. The molecule has 0 saturated heterocycles. The molecule has 0 bridgehead atoms. The van der Waals surface area contributed by atoms with Crippen LogP contribution in [0.3, 0.4) is 0 Å². The second-order valence-electron chi connectivity index (χ2n) is 5.17. The zero-order valence-corrected chi connectivity index (χ0v) is 11.6. The Hall–Kier alpha value is -1.65. The second kappa shape index (κ2) is 5.77. The molecule has 2 aromatic rings. The minimum Gasteiger partial charge on any atom is -0.493 e. The number of ether oxygens (including phenoxy) is 1. The van der Waals surface area contributed by atoms with E-state index in [1.807, 2.05) is 0 Å². The number of hydrogen-bond donors (Lipinski definition) is 0. The van der Waals surface area contributed by atoms with Crippen LogP contribution in [0.15, 0.2) is 36.4 Å². The molecule has 0 aliphatic heterocycles. The highest BCUT2D eigenvalue weighted by molar-refractivity contribution is 6.73. The fraction of sp³-hybridized carbons (Fsp3) is 0.333. The van der Waals surface area contributed by atoms with Crippen LogP contribution in [-0.4, -0.2) is 13.6 Å². The van der Waals surface area contributed by atoms with Crippen LogP contribution < -0.4 is 10.2 Å². The number of benzene rings is 2. The quantitative estimate of drug-likeness (QED) is 0.742. The molecule has 108 valence electrons. The maximum atomic E-state index is 12.7. The molecule has 0 aliphatic carbocycles. The van der Waals surface area contributed by atoms with Crippen molar-refractivity contribution in [1.82, 2.24) is 0 Å². The van der Waals surface area contributed by atoms with E-state index in [9.17, 15) is 12.9 Å². The first-order chi connectivity index (χ1) is 9.40. The van der Waals surface area contributed by atoms with Crippen molar-refractivity contribution in [3.05, 3.63) is 36.4 Å². The lowest BCUT2D eigenvalue weighted by atomic mass is 9.79. The molecule has 0 radical (unpaired) electrons. The van der Waals surface area contributed by atoms with Crippen molar-refractivity contribution in [3.63, 3.8) is 0 Å². The summed E-state index contributed by atoms with van der Waals surface area (Å²) in [5.41, 5.74) is -0.564. The summed E-state index contributed by atoms with van der Waals surface area (Å²) in [5, 5.41) is 1.34. The predicted molar refractivity (Wildman–Crippen MR) is 77.6 cm³/mol. The van der Waals surface area contributed by atoms with Gasteiger partial charge in [-0.3, -0.25) is 0 Å². The maximum absolute atomic E-state index is 12.7. The number of rotatable bonds is 5. The molecule has 0 spiro atoms. The Bertz CT molecular complexity index is 595. The van der Waals surface area contributed by atoms with Gasteiger partial charge >= 0.3 is 6.98 Å².